The molecule has 16 heavy (non-hydrogen) atoms. The molecule has 0 aliphatic heterocycles. The first kappa shape index (κ1) is 11.2. The number of nitrogens with two attached hydrogens (primary N) is 1. The Hall–Kier alpha value is -1.28. The van der Waals surface area contributed by atoms with E-state index in [2.05, 4.69) is 5.10 Å². The average Bonchev–Trinajstić information content (AvgIpc) is 2.47. The molecule has 0 saturated heterocycles. The Labute approximate surface area is 90.6 Å². The van der Waals surface area contributed by atoms with Gasteiger partial charge in [-0.1, -0.05) is 0 Å². The lowest BCUT2D eigenvalue weighted by Crippen LogP contribution is -2.21. The van der Waals surface area contributed by atoms with Gasteiger partial charge in [0.25, 0.3) is 16.1 Å². The van der Waals surface area contributed by atoms with E-state index in [1.807, 2.05) is 0 Å². The molecule has 0 amide bonds. The van der Waals surface area contributed by atoms with Crippen LogP contribution in [0, 0.1) is 0 Å². The van der Waals surface area contributed by atoms with E-state index in [9.17, 15) is 17.2 Å². The van der Waals surface area contributed by atoms with Crippen molar-refractivity contribution in [2.24, 2.45) is 5.14 Å². The molecule has 1 aromatic rings. The summed E-state index contributed by atoms with van der Waals surface area (Å²) in [6.07, 6.45) is 0.175. The van der Waals surface area contributed by atoms with Gasteiger partial charge in [-0.15, -0.1) is 0 Å². The van der Waals surface area contributed by atoms with Crippen LogP contribution in [0.5, 0.6) is 0 Å². The highest BCUT2D eigenvalue weighted by molar-refractivity contribution is 7.89. The summed E-state index contributed by atoms with van der Waals surface area (Å²) in [4.78, 5) is 0. The first-order valence-corrected chi connectivity index (χ1v) is 6.03. The Morgan fingerprint density at radius 1 is 1.50 bits per heavy atom. The fraction of sp³-hybridized carbons (Fsp3) is 0.375. The number of hydrogen-bond donors (Lipinski definition) is 1. The van der Waals surface area contributed by atoms with Gasteiger partial charge in [-0.05, 0) is 24.5 Å². The number of hydrogen-bond acceptors (Lipinski definition) is 3. The molecule has 0 aromatic carbocycles. The second-order valence-electron chi connectivity index (χ2n) is 3.61. The largest absolute Gasteiger partial charge is 0.269 e. The number of rotatable bonds is 2. The average molecular weight is 249 g/mol. The Morgan fingerprint density at radius 2 is 2.12 bits per heavy atom. The van der Waals surface area contributed by atoms with Gasteiger partial charge in [-0.3, -0.25) is 4.68 Å². The molecule has 1 heterocycles. The van der Waals surface area contributed by atoms with Crippen molar-refractivity contribution in [3.63, 3.8) is 0 Å². The predicted octanol–water partition coefficient (Wildman–Crippen LogP) is 1.02. The molecule has 1 aliphatic carbocycles. The van der Waals surface area contributed by atoms with Gasteiger partial charge in [0.15, 0.2) is 5.03 Å². The van der Waals surface area contributed by atoms with Crippen LogP contribution in [-0.4, -0.2) is 18.2 Å². The topological polar surface area (TPSA) is 78.0 Å². The molecule has 0 spiro atoms. The lowest BCUT2D eigenvalue weighted by molar-refractivity contribution is 0.318. The number of aromatic nitrogens is 2. The standard InChI is InChI=1S/C8H9F2N3O2S/c9-8(10)5-3-6(4-5)13-2-1-7(12-13)16(11,14)15/h1-2,6H,3-4H2,(H2,11,14,15). The normalized spacial score (nSPS) is 20.7. The van der Waals surface area contributed by atoms with Crippen LogP contribution in [-0.2, 0) is 10.0 Å². The van der Waals surface area contributed by atoms with Crippen LogP contribution < -0.4 is 5.14 Å². The van der Waals surface area contributed by atoms with Gasteiger partial charge in [-0.25, -0.2) is 13.6 Å². The second kappa shape index (κ2) is 3.63. The molecule has 0 bridgehead atoms. The zero-order chi connectivity index (χ0) is 11.9. The van der Waals surface area contributed by atoms with Gasteiger partial charge in [-0.2, -0.15) is 13.9 Å². The van der Waals surface area contributed by atoms with Crippen LogP contribution in [0.2, 0.25) is 0 Å². The van der Waals surface area contributed by atoms with E-state index in [0.717, 1.165) is 0 Å². The van der Waals surface area contributed by atoms with Crippen LogP contribution in [0.15, 0.2) is 28.9 Å². The Morgan fingerprint density at radius 3 is 2.56 bits per heavy atom. The highest BCUT2D eigenvalue weighted by Crippen LogP contribution is 2.39. The number of sulfonamides is 1. The number of halogens is 2. The number of nitrogens with zero attached hydrogens (tertiary/aromatic N) is 2. The monoisotopic (exact) mass is 249 g/mol. The van der Waals surface area contributed by atoms with Gasteiger partial charge in [0.05, 0.1) is 6.04 Å². The maximum atomic E-state index is 12.1. The third-order valence-electron chi connectivity index (χ3n) is 2.48. The Balaban J connectivity index is 2.15. The SMILES string of the molecule is NS(=O)(=O)c1ccn(C2CC(=C(F)F)C2)n1. The zero-order valence-electron chi connectivity index (χ0n) is 8.10. The molecule has 88 valence electrons. The summed E-state index contributed by atoms with van der Waals surface area (Å²) in [7, 11) is -3.82. The highest BCUT2D eigenvalue weighted by Gasteiger charge is 2.29. The van der Waals surface area contributed by atoms with Crippen LogP contribution >= 0.6 is 0 Å². The van der Waals surface area contributed by atoms with Crippen molar-refractivity contribution in [3.05, 3.63) is 23.9 Å². The number of allylic oxidation sites excluding steroid dienone is 1. The molecular weight excluding hydrogens is 240 g/mol. The summed E-state index contributed by atoms with van der Waals surface area (Å²) in [5.74, 6) is 0. The molecule has 2 rings (SSSR count). The molecule has 2 N–H and O–H groups in total. The quantitative estimate of drug-likeness (QED) is 0.849. The zero-order valence-corrected chi connectivity index (χ0v) is 8.92. The number of primary sulfonamides is 1. The van der Waals surface area contributed by atoms with E-state index >= 15 is 0 Å². The minimum Gasteiger partial charge on any atom is -0.268 e. The van der Waals surface area contributed by atoms with E-state index in [1.54, 1.807) is 0 Å². The van der Waals surface area contributed by atoms with E-state index in [-0.39, 0.29) is 29.5 Å². The van der Waals surface area contributed by atoms with Gasteiger partial charge >= 0.3 is 0 Å². The van der Waals surface area contributed by atoms with Crippen LogP contribution in [0.3, 0.4) is 0 Å². The lowest BCUT2D eigenvalue weighted by Gasteiger charge is -2.28. The predicted molar refractivity (Wildman–Crippen MR) is 51.1 cm³/mol. The molecule has 1 fully saturated rings. The Bertz CT molecular complexity index is 537. The molecule has 0 atom stereocenters. The summed E-state index contributed by atoms with van der Waals surface area (Å²) >= 11 is 0. The summed E-state index contributed by atoms with van der Waals surface area (Å²) in [6, 6.07) is 1.05. The highest BCUT2D eigenvalue weighted by atomic mass is 32.2. The smallest absolute Gasteiger partial charge is 0.268 e. The van der Waals surface area contributed by atoms with Gasteiger partial charge < -0.3 is 0 Å². The molecule has 0 unspecified atom stereocenters. The third kappa shape index (κ3) is 1.98. The lowest BCUT2D eigenvalue weighted by atomic mass is 9.87. The third-order valence-corrected chi connectivity index (χ3v) is 3.28. The van der Waals surface area contributed by atoms with Gasteiger partial charge in [0.2, 0.25) is 0 Å². The van der Waals surface area contributed by atoms with E-state index in [1.165, 1.54) is 16.9 Å². The van der Waals surface area contributed by atoms with Gasteiger partial charge in [0.1, 0.15) is 0 Å². The summed E-state index contributed by atoms with van der Waals surface area (Å²) in [5.41, 5.74) is 0.0951. The van der Waals surface area contributed by atoms with Crippen LogP contribution in [0.25, 0.3) is 0 Å². The molecular formula is C8H9F2N3O2S. The van der Waals surface area contributed by atoms with Crippen LogP contribution in [0.1, 0.15) is 18.9 Å². The fourth-order valence-corrected chi connectivity index (χ4v) is 1.98. The van der Waals surface area contributed by atoms with Crippen LogP contribution in [0.4, 0.5) is 8.78 Å². The molecule has 0 radical (unpaired) electrons. The summed E-state index contributed by atoms with van der Waals surface area (Å²) in [5, 5.41) is 8.36. The van der Waals surface area contributed by atoms with Gasteiger partial charge in [0, 0.05) is 6.20 Å². The maximum absolute atomic E-state index is 12.1. The summed E-state index contributed by atoms with van der Waals surface area (Å²) in [6.45, 7) is 0. The van der Waals surface area contributed by atoms with E-state index < -0.39 is 16.1 Å². The minimum absolute atomic E-state index is 0.0951. The fourth-order valence-electron chi connectivity index (χ4n) is 1.53. The Kier molecular flexibility index (Phi) is 2.55. The molecule has 1 aliphatic rings. The molecule has 8 heteroatoms. The van der Waals surface area contributed by atoms with Crippen molar-refractivity contribution < 1.29 is 17.2 Å². The van der Waals surface area contributed by atoms with Crippen molar-refractivity contribution >= 4 is 10.0 Å². The summed E-state index contributed by atoms with van der Waals surface area (Å²) < 4.78 is 47.4. The van der Waals surface area contributed by atoms with Crippen molar-refractivity contribution in [1.82, 2.24) is 9.78 Å². The minimum atomic E-state index is -3.82. The van der Waals surface area contributed by atoms with E-state index in [0.29, 0.717) is 0 Å². The second-order valence-corrected chi connectivity index (χ2v) is 5.11. The first-order chi connectivity index (χ1) is 7.38. The molecule has 1 saturated carbocycles. The van der Waals surface area contributed by atoms with E-state index in [4.69, 9.17) is 5.14 Å². The van der Waals surface area contributed by atoms with Crippen molar-refractivity contribution in [3.8, 4) is 0 Å². The maximum Gasteiger partial charge on any atom is 0.269 e. The first-order valence-electron chi connectivity index (χ1n) is 4.49. The molecule has 5 nitrogen and oxygen atoms in total. The molecule has 1 aromatic heterocycles. The van der Waals surface area contributed by atoms with Crippen molar-refractivity contribution in [2.45, 2.75) is 23.9 Å². The van der Waals surface area contributed by atoms with Crippen molar-refractivity contribution in [1.29, 1.82) is 0 Å². The van der Waals surface area contributed by atoms with Crippen molar-refractivity contribution in [2.75, 3.05) is 0 Å².